The Balaban J connectivity index is 2.06. The summed E-state index contributed by atoms with van der Waals surface area (Å²) in [6.45, 7) is 0. The highest BCUT2D eigenvalue weighted by Gasteiger charge is 2.34. The number of fused-ring (bicyclic) bond motifs is 1. The summed E-state index contributed by atoms with van der Waals surface area (Å²) in [6.07, 6.45) is -3.75. The monoisotopic (exact) mass is 329 g/mol. The second kappa shape index (κ2) is 5.11. The molecule has 3 N–H and O–H groups in total. The van der Waals surface area contributed by atoms with Gasteiger partial charge in [0.25, 0.3) is 0 Å². The smallest absolute Gasteiger partial charge is 0.419 e. The number of benzene rings is 1. The second-order valence-electron chi connectivity index (χ2n) is 4.66. The van der Waals surface area contributed by atoms with E-state index in [1.54, 1.807) is 0 Å². The first-order chi connectivity index (χ1) is 10.8. The van der Waals surface area contributed by atoms with Crippen molar-refractivity contribution in [3.63, 3.8) is 0 Å². The van der Waals surface area contributed by atoms with Crippen LogP contribution in [0.5, 0.6) is 0 Å². The number of aromatic nitrogens is 1. The van der Waals surface area contributed by atoms with Crippen LogP contribution < -0.4 is 11.1 Å². The molecule has 0 amide bonds. The number of nitrogens with one attached hydrogen (secondary N) is 1. The Bertz CT molecular complexity index is 888. The van der Waals surface area contributed by atoms with Crippen molar-refractivity contribution in [3.05, 3.63) is 47.8 Å². The van der Waals surface area contributed by atoms with Crippen molar-refractivity contribution in [1.29, 1.82) is 0 Å². The number of alkyl halides is 3. The molecule has 9 heteroatoms. The van der Waals surface area contributed by atoms with Gasteiger partial charge in [-0.3, -0.25) is 0 Å². The average Bonchev–Trinajstić information content (AvgIpc) is 2.76. The minimum atomic E-state index is -4.85. The molecule has 0 saturated heterocycles. The molecule has 0 bridgehead atoms. The van der Waals surface area contributed by atoms with Crippen LogP contribution in [0.3, 0.4) is 0 Å². The molecule has 4 nitrogen and oxygen atoms in total. The SMILES string of the molecule is Nc1oc2cnc(F)cc2c1Nc1ccc(F)c(C(F)(F)F)c1. The number of hydrogen-bond acceptors (Lipinski definition) is 4. The number of anilines is 3. The maximum Gasteiger partial charge on any atom is 0.419 e. The summed E-state index contributed by atoms with van der Waals surface area (Å²) in [5, 5.41) is 2.78. The summed E-state index contributed by atoms with van der Waals surface area (Å²) in [6, 6.07) is 3.38. The van der Waals surface area contributed by atoms with Crippen LogP contribution in [0.4, 0.5) is 39.2 Å². The molecule has 0 aliphatic rings. The molecule has 2 aromatic heterocycles. The first kappa shape index (κ1) is 15.1. The third kappa shape index (κ3) is 2.77. The van der Waals surface area contributed by atoms with Crippen molar-refractivity contribution in [2.24, 2.45) is 0 Å². The molecule has 1 aromatic carbocycles. The Kier molecular flexibility index (Phi) is 3.35. The van der Waals surface area contributed by atoms with Gasteiger partial charge in [0.1, 0.15) is 11.5 Å². The average molecular weight is 329 g/mol. The fraction of sp³-hybridized carbons (Fsp3) is 0.0714. The van der Waals surface area contributed by atoms with Crippen LogP contribution in [-0.4, -0.2) is 4.98 Å². The van der Waals surface area contributed by atoms with E-state index in [1.807, 2.05) is 0 Å². The van der Waals surface area contributed by atoms with Crippen LogP contribution in [0.15, 0.2) is 34.9 Å². The van der Waals surface area contributed by atoms with Crippen LogP contribution in [0.2, 0.25) is 0 Å². The lowest BCUT2D eigenvalue weighted by Gasteiger charge is -2.11. The Hall–Kier alpha value is -2.84. The van der Waals surface area contributed by atoms with Gasteiger partial charge in [-0.1, -0.05) is 0 Å². The molecule has 0 saturated carbocycles. The number of halogens is 5. The molecule has 0 atom stereocenters. The minimum Gasteiger partial charge on any atom is -0.437 e. The van der Waals surface area contributed by atoms with Crippen molar-refractivity contribution in [2.75, 3.05) is 11.1 Å². The van der Waals surface area contributed by atoms with E-state index in [2.05, 4.69) is 10.3 Å². The highest BCUT2D eigenvalue weighted by molar-refractivity contribution is 5.97. The third-order valence-electron chi connectivity index (χ3n) is 3.11. The summed E-state index contributed by atoms with van der Waals surface area (Å²) in [5.41, 5.74) is 4.35. The lowest BCUT2D eigenvalue weighted by atomic mass is 10.1. The van der Waals surface area contributed by atoms with Gasteiger partial charge in [0.05, 0.1) is 17.1 Å². The van der Waals surface area contributed by atoms with Crippen LogP contribution >= 0.6 is 0 Å². The maximum atomic E-state index is 13.3. The van der Waals surface area contributed by atoms with E-state index in [0.717, 1.165) is 18.3 Å². The van der Waals surface area contributed by atoms with Gasteiger partial charge in [0.2, 0.25) is 11.8 Å². The van der Waals surface area contributed by atoms with Crippen molar-refractivity contribution in [3.8, 4) is 0 Å². The van der Waals surface area contributed by atoms with Crippen molar-refractivity contribution in [2.45, 2.75) is 6.18 Å². The number of pyridine rings is 1. The number of nitrogen functional groups attached to an aromatic ring is 1. The standard InChI is InChI=1S/C14H8F5N3O/c15-9-2-1-6(3-8(9)14(17,18)19)22-12-7-4-11(16)21-5-10(7)23-13(12)20/h1-5,22H,20H2. The quantitative estimate of drug-likeness (QED) is 0.538. The summed E-state index contributed by atoms with van der Waals surface area (Å²) >= 11 is 0. The van der Waals surface area contributed by atoms with Gasteiger partial charge in [0.15, 0.2) is 5.58 Å². The molecule has 120 valence electrons. The van der Waals surface area contributed by atoms with Crippen LogP contribution in [0.1, 0.15) is 5.56 Å². The van der Waals surface area contributed by atoms with Crippen molar-refractivity contribution in [1.82, 2.24) is 4.98 Å². The first-order valence-electron chi connectivity index (χ1n) is 6.23. The van der Waals surface area contributed by atoms with Gasteiger partial charge in [0, 0.05) is 11.8 Å². The van der Waals surface area contributed by atoms with Gasteiger partial charge >= 0.3 is 6.18 Å². The van der Waals surface area contributed by atoms with E-state index >= 15 is 0 Å². The van der Waals surface area contributed by atoms with Gasteiger partial charge in [-0.25, -0.2) is 9.37 Å². The fourth-order valence-corrected chi connectivity index (χ4v) is 2.09. The predicted molar refractivity (Wildman–Crippen MR) is 73.1 cm³/mol. The van der Waals surface area contributed by atoms with Crippen LogP contribution in [0, 0.1) is 11.8 Å². The Morgan fingerprint density at radius 3 is 2.57 bits per heavy atom. The molecule has 3 aromatic rings. The van der Waals surface area contributed by atoms with Crippen molar-refractivity contribution >= 4 is 28.2 Å². The molecule has 0 spiro atoms. The molecule has 0 aliphatic carbocycles. The summed E-state index contributed by atoms with van der Waals surface area (Å²) in [5.74, 6) is -2.37. The highest BCUT2D eigenvalue weighted by Crippen LogP contribution is 2.37. The number of rotatable bonds is 2. The van der Waals surface area contributed by atoms with Gasteiger partial charge in [-0.05, 0) is 18.2 Å². The van der Waals surface area contributed by atoms with E-state index in [0.29, 0.717) is 12.1 Å². The van der Waals surface area contributed by atoms with Gasteiger partial charge in [-0.2, -0.15) is 17.6 Å². The Morgan fingerprint density at radius 2 is 1.87 bits per heavy atom. The number of hydrogen-bond donors (Lipinski definition) is 2. The molecule has 0 fully saturated rings. The summed E-state index contributed by atoms with van der Waals surface area (Å²) in [4.78, 5) is 3.38. The summed E-state index contributed by atoms with van der Waals surface area (Å²) in [7, 11) is 0. The lowest BCUT2D eigenvalue weighted by molar-refractivity contribution is -0.139. The molecule has 23 heavy (non-hydrogen) atoms. The number of furan rings is 1. The zero-order valence-corrected chi connectivity index (χ0v) is 11.2. The predicted octanol–water partition coefficient (Wildman–Crippen LogP) is 4.45. The molecule has 0 aliphatic heterocycles. The Labute approximate surface area is 125 Å². The van der Waals surface area contributed by atoms with E-state index < -0.39 is 23.5 Å². The number of nitrogens with zero attached hydrogens (tertiary/aromatic N) is 1. The number of nitrogens with two attached hydrogens (primary N) is 1. The van der Waals surface area contributed by atoms with Crippen LogP contribution in [-0.2, 0) is 6.18 Å². The van der Waals surface area contributed by atoms with Crippen LogP contribution in [0.25, 0.3) is 11.0 Å². The fourth-order valence-electron chi connectivity index (χ4n) is 2.09. The lowest BCUT2D eigenvalue weighted by Crippen LogP contribution is -2.08. The molecule has 0 radical (unpaired) electrons. The highest BCUT2D eigenvalue weighted by atomic mass is 19.4. The zero-order chi connectivity index (χ0) is 16.8. The second-order valence-corrected chi connectivity index (χ2v) is 4.66. The zero-order valence-electron chi connectivity index (χ0n) is 11.2. The Morgan fingerprint density at radius 1 is 1.13 bits per heavy atom. The normalized spacial score (nSPS) is 11.9. The van der Waals surface area contributed by atoms with Gasteiger partial charge < -0.3 is 15.5 Å². The van der Waals surface area contributed by atoms with E-state index in [1.165, 1.54) is 0 Å². The van der Waals surface area contributed by atoms with Gasteiger partial charge in [-0.15, -0.1) is 0 Å². The first-order valence-corrected chi connectivity index (χ1v) is 6.23. The largest absolute Gasteiger partial charge is 0.437 e. The molecular formula is C14H8F5N3O. The maximum absolute atomic E-state index is 13.3. The molecule has 3 rings (SSSR count). The molecule has 0 unspecified atom stereocenters. The van der Waals surface area contributed by atoms with Crippen molar-refractivity contribution < 1.29 is 26.4 Å². The minimum absolute atomic E-state index is 0.0704. The molecule has 2 heterocycles. The molecular weight excluding hydrogens is 321 g/mol. The van der Waals surface area contributed by atoms with E-state index in [4.69, 9.17) is 10.2 Å². The summed E-state index contributed by atoms with van der Waals surface area (Å²) < 4.78 is 69.8. The topological polar surface area (TPSA) is 64.1 Å². The third-order valence-corrected chi connectivity index (χ3v) is 3.11. The van der Waals surface area contributed by atoms with E-state index in [-0.39, 0.29) is 28.2 Å². The van der Waals surface area contributed by atoms with E-state index in [9.17, 15) is 22.0 Å².